The molecule has 0 fully saturated rings. The molecule has 30 heavy (non-hydrogen) atoms. The highest BCUT2D eigenvalue weighted by molar-refractivity contribution is 5.98. The number of carbonyl (C=O) groups is 3. The Morgan fingerprint density at radius 1 is 1.07 bits per heavy atom. The maximum atomic E-state index is 12.9. The molecule has 2 aromatic carbocycles. The van der Waals surface area contributed by atoms with E-state index in [9.17, 15) is 37.7 Å². The van der Waals surface area contributed by atoms with Crippen LogP contribution in [0.1, 0.15) is 26.3 Å². The topological polar surface area (TPSA) is 125 Å². The van der Waals surface area contributed by atoms with Gasteiger partial charge in [0.2, 0.25) is 0 Å². The minimum absolute atomic E-state index is 0.304. The van der Waals surface area contributed by atoms with E-state index in [0.29, 0.717) is 0 Å². The van der Waals surface area contributed by atoms with Crippen LogP contribution in [0.25, 0.3) is 0 Å². The zero-order chi connectivity index (χ0) is 22.5. The second-order valence-corrected chi connectivity index (χ2v) is 5.68. The van der Waals surface area contributed by atoms with Gasteiger partial charge in [-0.05, 0) is 18.2 Å². The van der Waals surface area contributed by atoms with Gasteiger partial charge in [0.15, 0.2) is 6.61 Å². The Hall–Kier alpha value is -3.96. The van der Waals surface area contributed by atoms with Crippen molar-refractivity contribution in [3.63, 3.8) is 0 Å². The molecule has 0 heterocycles. The molecule has 0 radical (unpaired) electrons. The van der Waals surface area contributed by atoms with Crippen molar-refractivity contribution in [1.29, 1.82) is 0 Å². The van der Waals surface area contributed by atoms with E-state index in [1.807, 2.05) is 5.32 Å². The molecule has 1 amide bonds. The van der Waals surface area contributed by atoms with Crippen molar-refractivity contribution in [3.8, 4) is 0 Å². The van der Waals surface area contributed by atoms with Gasteiger partial charge < -0.3 is 14.8 Å². The van der Waals surface area contributed by atoms with E-state index in [1.54, 1.807) is 0 Å². The maximum Gasteiger partial charge on any atom is 0.418 e. The normalized spacial score (nSPS) is 10.8. The standard InChI is InChI=1S/C18H13F3N2O7/c1-29-16(25)10-6-11(8-12(7-10)23(27)28)17(26)30-9-15(24)22-14-5-3-2-4-13(14)18(19,20)21/h2-8H,9H2,1H3,(H,22,24). The summed E-state index contributed by atoms with van der Waals surface area (Å²) in [4.78, 5) is 45.7. The number of benzene rings is 2. The first kappa shape index (κ1) is 22.3. The first-order chi connectivity index (χ1) is 14.0. The summed E-state index contributed by atoms with van der Waals surface area (Å²) in [6.45, 7) is -0.971. The minimum atomic E-state index is -4.71. The average Bonchev–Trinajstić information content (AvgIpc) is 2.70. The van der Waals surface area contributed by atoms with Gasteiger partial charge >= 0.3 is 18.1 Å². The SMILES string of the molecule is COC(=O)c1cc(C(=O)OCC(=O)Nc2ccccc2C(F)(F)F)cc([N+](=O)[O-])c1. The second kappa shape index (κ2) is 9.03. The summed E-state index contributed by atoms with van der Waals surface area (Å²) in [6, 6.07) is 6.84. The van der Waals surface area contributed by atoms with E-state index in [2.05, 4.69) is 9.47 Å². The highest BCUT2D eigenvalue weighted by Gasteiger charge is 2.33. The van der Waals surface area contributed by atoms with Gasteiger partial charge in [-0.2, -0.15) is 13.2 Å². The maximum absolute atomic E-state index is 12.9. The smallest absolute Gasteiger partial charge is 0.418 e. The Bertz CT molecular complexity index is 1010. The van der Waals surface area contributed by atoms with Crippen molar-refractivity contribution in [2.75, 3.05) is 19.0 Å². The average molecular weight is 426 g/mol. The second-order valence-electron chi connectivity index (χ2n) is 5.68. The molecule has 9 nitrogen and oxygen atoms in total. The third kappa shape index (κ3) is 5.53. The van der Waals surface area contributed by atoms with Crippen molar-refractivity contribution in [1.82, 2.24) is 0 Å². The van der Waals surface area contributed by atoms with Gasteiger partial charge in [0.05, 0.1) is 34.4 Å². The van der Waals surface area contributed by atoms with Crippen molar-refractivity contribution in [2.45, 2.75) is 6.18 Å². The highest BCUT2D eigenvalue weighted by Crippen LogP contribution is 2.34. The molecule has 0 saturated heterocycles. The zero-order valence-electron chi connectivity index (χ0n) is 15.2. The quantitative estimate of drug-likeness (QED) is 0.427. The zero-order valence-corrected chi connectivity index (χ0v) is 15.2. The van der Waals surface area contributed by atoms with Gasteiger partial charge in [0.25, 0.3) is 11.6 Å². The van der Waals surface area contributed by atoms with E-state index in [4.69, 9.17) is 0 Å². The summed E-state index contributed by atoms with van der Waals surface area (Å²) in [7, 11) is 1.03. The van der Waals surface area contributed by atoms with E-state index in [1.165, 1.54) is 6.07 Å². The molecule has 0 aliphatic carbocycles. The predicted octanol–water partition coefficient (Wildman–Crippen LogP) is 3.20. The Morgan fingerprint density at radius 2 is 1.67 bits per heavy atom. The number of nitrogens with zero attached hydrogens (tertiary/aromatic N) is 1. The van der Waals surface area contributed by atoms with Crippen LogP contribution in [-0.4, -0.2) is 36.5 Å². The number of nitro groups is 1. The van der Waals surface area contributed by atoms with Gasteiger partial charge in [-0.25, -0.2) is 9.59 Å². The number of ether oxygens (including phenoxy) is 2. The Morgan fingerprint density at radius 3 is 2.23 bits per heavy atom. The van der Waals surface area contributed by atoms with Gasteiger partial charge in [-0.1, -0.05) is 12.1 Å². The fraction of sp³-hybridized carbons (Fsp3) is 0.167. The molecular formula is C18H13F3N2O7. The summed E-state index contributed by atoms with van der Waals surface area (Å²) in [5.41, 5.74) is -2.95. The van der Waals surface area contributed by atoms with Gasteiger partial charge in [-0.3, -0.25) is 14.9 Å². The lowest BCUT2D eigenvalue weighted by molar-refractivity contribution is -0.384. The molecule has 0 spiro atoms. The molecule has 0 bridgehead atoms. The predicted molar refractivity (Wildman–Crippen MR) is 94.8 cm³/mol. The largest absolute Gasteiger partial charge is 0.465 e. The number of halogens is 3. The summed E-state index contributed by atoms with van der Waals surface area (Å²) in [5.74, 6) is -3.23. The van der Waals surface area contributed by atoms with Crippen molar-refractivity contribution in [3.05, 3.63) is 69.3 Å². The van der Waals surface area contributed by atoms with Crippen molar-refractivity contribution < 1.29 is 42.0 Å². The van der Waals surface area contributed by atoms with Crippen LogP contribution < -0.4 is 5.32 Å². The van der Waals surface area contributed by atoms with Crippen molar-refractivity contribution >= 4 is 29.2 Å². The number of carbonyl (C=O) groups excluding carboxylic acids is 3. The molecule has 0 atom stereocenters. The van der Waals surface area contributed by atoms with Gasteiger partial charge in [-0.15, -0.1) is 0 Å². The number of anilines is 1. The number of esters is 2. The van der Waals surface area contributed by atoms with Crippen LogP contribution in [-0.2, 0) is 20.4 Å². The number of hydrogen-bond acceptors (Lipinski definition) is 7. The minimum Gasteiger partial charge on any atom is -0.465 e. The van der Waals surface area contributed by atoms with Crippen LogP contribution in [0.4, 0.5) is 24.5 Å². The van der Waals surface area contributed by atoms with Crippen LogP contribution >= 0.6 is 0 Å². The van der Waals surface area contributed by atoms with Crippen LogP contribution in [0.5, 0.6) is 0 Å². The Balaban J connectivity index is 2.13. The lowest BCUT2D eigenvalue weighted by atomic mass is 10.1. The molecule has 0 aliphatic heterocycles. The first-order valence-corrected chi connectivity index (χ1v) is 8.04. The number of non-ortho nitro benzene ring substituents is 1. The molecule has 0 saturated carbocycles. The van der Waals surface area contributed by atoms with E-state index < -0.39 is 58.1 Å². The molecule has 2 rings (SSSR count). The lowest BCUT2D eigenvalue weighted by Gasteiger charge is -2.13. The van der Waals surface area contributed by atoms with Crippen LogP contribution in [0, 0.1) is 10.1 Å². The molecule has 2 aromatic rings. The first-order valence-electron chi connectivity index (χ1n) is 8.04. The number of hydrogen-bond donors (Lipinski definition) is 1. The molecular weight excluding hydrogens is 413 g/mol. The van der Waals surface area contributed by atoms with Crippen molar-refractivity contribution in [2.24, 2.45) is 0 Å². The van der Waals surface area contributed by atoms with Crippen LogP contribution in [0.15, 0.2) is 42.5 Å². The number of alkyl halides is 3. The summed E-state index contributed by atoms with van der Waals surface area (Å²) < 4.78 is 47.9. The molecule has 0 unspecified atom stereocenters. The van der Waals surface area contributed by atoms with E-state index >= 15 is 0 Å². The van der Waals surface area contributed by atoms with E-state index in [0.717, 1.165) is 43.5 Å². The molecule has 158 valence electrons. The van der Waals surface area contributed by atoms with E-state index in [-0.39, 0.29) is 5.56 Å². The number of nitrogens with one attached hydrogen (secondary N) is 1. The Kier molecular flexibility index (Phi) is 6.72. The molecule has 12 heteroatoms. The fourth-order valence-corrected chi connectivity index (χ4v) is 2.31. The number of amides is 1. The number of methoxy groups -OCH3 is 1. The monoisotopic (exact) mass is 426 g/mol. The van der Waals surface area contributed by atoms with Crippen LogP contribution in [0.3, 0.4) is 0 Å². The summed E-state index contributed by atoms with van der Waals surface area (Å²) >= 11 is 0. The number of nitro benzene ring substituents is 1. The van der Waals surface area contributed by atoms with Crippen LogP contribution in [0.2, 0.25) is 0 Å². The summed E-state index contributed by atoms with van der Waals surface area (Å²) in [5, 5.41) is 12.9. The Labute approximate surface area is 166 Å². The van der Waals surface area contributed by atoms with Gasteiger partial charge in [0, 0.05) is 12.1 Å². The molecule has 0 aromatic heterocycles. The van der Waals surface area contributed by atoms with Gasteiger partial charge in [0.1, 0.15) is 0 Å². The molecule has 1 N–H and O–H groups in total. The third-order valence-electron chi connectivity index (χ3n) is 3.63. The lowest BCUT2D eigenvalue weighted by Crippen LogP contribution is -2.23. The number of para-hydroxylation sites is 1. The fourth-order valence-electron chi connectivity index (χ4n) is 2.31. The summed E-state index contributed by atoms with van der Waals surface area (Å²) in [6.07, 6.45) is -4.71. The molecule has 0 aliphatic rings. The third-order valence-corrected chi connectivity index (χ3v) is 3.63. The highest BCUT2D eigenvalue weighted by atomic mass is 19.4. The number of rotatable bonds is 6.